The monoisotopic (exact) mass is 262 g/mol. The molecule has 0 atom stereocenters. The van der Waals surface area contributed by atoms with E-state index in [2.05, 4.69) is 6.92 Å². The van der Waals surface area contributed by atoms with Crippen molar-refractivity contribution in [3.63, 3.8) is 0 Å². The topological polar surface area (TPSA) is 46.3 Å². The molecule has 3 heteroatoms. The van der Waals surface area contributed by atoms with E-state index >= 15 is 0 Å². The molecular weight excluding hydrogens is 236 g/mol. The van der Waals surface area contributed by atoms with Crippen molar-refractivity contribution >= 4 is 5.91 Å². The summed E-state index contributed by atoms with van der Waals surface area (Å²) in [5.41, 5.74) is 7.84. The van der Waals surface area contributed by atoms with E-state index in [-0.39, 0.29) is 5.91 Å². The third-order valence-corrected chi connectivity index (χ3v) is 3.35. The normalized spacial score (nSPS) is 10.5. The van der Waals surface area contributed by atoms with Crippen LogP contribution in [0.2, 0.25) is 0 Å². The van der Waals surface area contributed by atoms with E-state index < -0.39 is 0 Å². The molecule has 0 unspecified atom stereocenters. The Kier molecular flexibility index (Phi) is 7.19. The van der Waals surface area contributed by atoms with Crippen LogP contribution in [0.3, 0.4) is 0 Å². The van der Waals surface area contributed by atoms with Gasteiger partial charge in [-0.1, -0.05) is 50.5 Å². The maximum atomic E-state index is 11.9. The van der Waals surface area contributed by atoms with Gasteiger partial charge >= 0.3 is 0 Å². The van der Waals surface area contributed by atoms with Crippen LogP contribution >= 0.6 is 0 Å². The van der Waals surface area contributed by atoms with Crippen molar-refractivity contribution in [2.45, 2.75) is 52.1 Å². The van der Waals surface area contributed by atoms with Gasteiger partial charge in [-0.15, -0.1) is 0 Å². The smallest absolute Gasteiger partial charge is 0.222 e. The summed E-state index contributed by atoms with van der Waals surface area (Å²) >= 11 is 0. The van der Waals surface area contributed by atoms with Crippen LogP contribution in [0.5, 0.6) is 0 Å². The molecule has 106 valence electrons. The zero-order chi connectivity index (χ0) is 14.1. The molecule has 0 spiro atoms. The predicted octanol–water partition coefficient (Wildman–Crippen LogP) is 3.07. The molecule has 1 aromatic carbocycles. The highest BCUT2D eigenvalue weighted by molar-refractivity contribution is 5.75. The quantitative estimate of drug-likeness (QED) is 0.732. The molecule has 1 aromatic rings. The Bertz CT molecular complexity index is 373. The summed E-state index contributed by atoms with van der Waals surface area (Å²) in [6, 6.07) is 8.13. The highest BCUT2D eigenvalue weighted by atomic mass is 16.2. The number of benzene rings is 1. The number of unbranched alkanes of at least 4 members (excludes halogenated alkanes) is 3. The van der Waals surface area contributed by atoms with Gasteiger partial charge < -0.3 is 10.6 Å². The van der Waals surface area contributed by atoms with Crippen LogP contribution in [-0.4, -0.2) is 17.9 Å². The van der Waals surface area contributed by atoms with Gasteiger partial charge in [-0.3, -0.25) is 4.79 Å². The Morgan fingerprint density at radius 2 is 1.74 bits per heavy atom. The minimum atomic E-state index is 0.235. The molecule has 2 N–H and O–H groups in total. The lowest BCUT2D eigenvalue weighted by molar-refractivity contribution is -0.130. The summed E-state index contributed by atoms with van der Waals surface area (Å²) in [5, 5.41) is 0. The van der Waals surface area contributed by atoms with Gasteiger partial charge in [0.2, 0.25) is 5.91 Å². The minimum absolute atomic E-state index is 0.235. The predicted molar refractivity (Wildman–Crippen MR) is 79.6 cm³/mol. The first-order chi connectivity index (χ1) is 9.17. The van der Waals surface area contributed by atoms with Crippen LogP contribution < -0.4 is 5.73 Å². The lowest BCUT2D eigenvalue weighted by Crippen LogP contribution is -2.25. The zero-order valence-corrected chi connectivity index (χ0v) is 12.2. The van der Waals surface area contributed by atoms with Gasteiger partial charge in [0.25, 0.3) is 0 Å². The van der Waals surface area contributed by atoms with Gasteiger partial charge in [-0.2, -0.15) is 0 Å². The summed E-state index contributed by atoms with van der Waals surface area (Å²) in [6.07, 6.45) is 5.25. The molecule has 0 radical (unpaired) electrons. The van der Waals surface area contributed by atoms with Crippen LogP contribution in [0.15, 0.2) is 24.3 Å². The third-order valence-electron chi connectivity index (χ3n) is 3.35. The summed E-state index contributed by atoms with van der Waals surface area (Å²) < 4.78 is 0. The van der Waals surface area contributed by atoms with Gasteiger partial charge in [-0.05, 0) is 17.5 Å². The van der Waals surface area contributed by atoms with Gasteiger partial charge in [0.1, 0.15) is 0 Å². The van der Waals surface area contributed by atoms with Gasteiger partial charge in [-0.25, -0.2) is 0 Å². The Morgan fingerprint density at radius 1 is 1.11 bits per heavy atom. The maximum Gasteiger partial charge on any atom is 0.222 e. The summed E-state index contributed by atoms with van der Waals surface area (Å²) in [7, 11) is 1.87. The van der Waals surface area contributed by atoms with Crippen LogP contribution in [-0.2, 0) is 17.9 Å². The SMILES string of the molecule is CCCCCCC(=O)N(C)Cc1ccc(CN)cc1. The molecule has 0 bridgehead atoms. The molecule has 19 heavy (non-hydrogen) atoms. The largest absolute Gasteiger partial charge is 0.341 e. The van der Waals surface area contributed by atoms with E-state index in [9.17, 15) is 4.79 Å². The molecular formula is C16H26N2O. The van der Waals surface area contributed by atoms with Crippen molar-refractivity contribution in [1.82, 2.24) is 4.90 Å². The van der Waals surface area contributed by atoms with E-state index in [1.807, 2.05) is 36.2 Å². The number of hydrogen-bond donors (Lipinski definition) is 1. The fourth-order valence-electron chi connectivity index (χ4n) is 2.04. The first-order valence-electron chi connectivity index (χ1n) is 7.19. The molecule has 0 fully saturated rings. The number of rotatable bonds is 8. The first-order valence-corrected chi connectivity index (χ1v) is 7.19. The Hall–Kier alpha value is -1.35. The molecule has 0 aliphatic heterocycles. The number of nitrogens with two attached hydrogens (primary N) is 1. The summed E-state index contributed by atoms with van der Waals surface area (Å²) in [6.45, 7) is 3.42. The highest BCUT2D eigenvalue weighted by Crippen LogP contribution is 2.09. The Balaban J connectivity index is 2.35. The standard InChI is InChI=1S/C16H26N2O/c1-3-4-5-6-7-16(19)18(2)13-15-10-8-14(12-17)9-11-15/h8-11H,3-7,12-13,17H2,1-2H3. The van der Waals surface area contributed by atoms with E-state index in [1.165, 1.54) is 12.8 Å². The number of hydrogen-bond acceptors (Lipinski definition) is 2. The molecule has 0 heterocycles. The third kappa shape index (κ3) is 5.88. The Morgan fingerprint density at radius 3 is 2.32 bits per heavy atom. The lowest BCUT2D eigenvalue weighted by atomic mass is 10.1. The summed E-state index contributed by atoms with van der Waals surface area (Å²) in [5.74, 6) is 0.235. The molecule has 3 nitrogen and oxygen atoms in total. The van der Waals surface area contributed by atoms with Crippen LogP contribution in [0, 0.1) is 0 Å². The molecule has 0 aliphatic rings. The van der Waals surface area contributed by atoms with Gasteiger partial charge in [0.05, 0.1) is 0 Å². The van der Waals surface area contributed by atoms with Crippen LogP contribution in [0.25, 0.3) is 0 Å². The maximum absolute atomic E-state index is 11.9. The first kappa shape index (κ1) is 15.7. The second-order valence-electron chi connectivity index (χ2n) is 5.08. The molecule has 0 aliphatic carbocycles. The molecule has 1 rings (SSSR count). The van der Waals surface area contributed by atoms with E-state index in [0.717, 1.165) is 24.0 Å². The second kappa shape index (κ2) is 8.70. The summed E-state index contributed by atoms with van der Waals surface area (Å²) in [4.78, 5) is 13.7. The van der Waals surface area contributed by atoms with Gasteiger partial charge in [0.15, 0.2) is 0 Å². The van der Waals surface area contributed by atoms with E-state index in [0.29, 0.717) is 19.5 Å². The van der Waals surface area contributed by atoms with Crippen molar-refractivity contribution in [1.29, 1.82) is 0 Å². The molecule has 0 saturated heterocycles. The number of amides is 1. The second-order valence-corrected chi connectivity index (χ2v) is 5.08. The number of carbonyl (C=O) groups excluding carboxylic acids is 1. The van der Waals surface area contributed by atoms with E-state index in [4.69, 9.17) is 5.73 Å². The molecule has 0 saturated carbocycles. The fraction of sp³-hybridized carbons (Fsp3) is 0.562. The minimum Gasteiger partial charge on any atom is -0.341 e. The average Bonchev–Trinajstić information content (AvgIpc) is 2.44. The van der Waals surface area contributed by atoms with Crippen molar-refractivity contribution < 1.29 is 4.79 Å². The molecule has 0 aromatic heterocycles. The number of nitrogens with zero attached hydrogens (tertiary/aromatic N) is 1. The van der Waals surface area contributed by atoms with Crippen LogP contribution in [0.1, 0.15) is 50.2 Å². The van der Waals surface area contributed by atoms with Crippen molar-refractivity contribution in [2.75, 3.05) is 7.05 Å². The van der Waals surface area contributed by atoms with E-state index in [1.54, 1.807) is 0 Å². The fourth-order valence-corrected chi connectivity index (χ4v) is 2.04. The zero-order valence-electron chi connectivity index (χ0n) is 12.2. The lowest BCUT2D eigenvalue weighted by Gasteiger charge is -2.17. The van der Waals surface area contributed by atoms with Crippen LogP contribution in [0.4, 0.5) is 0 Å². The van der Waals surface area contributed by atoms with Crippen molar-refractivity contribution in [3.05, 3.63) is 35.4 Å². The van der Waals surface area contributed by atoms with Crippen molar-refractivity contribution in [2.24, 2.45) is 5.73 Å². The van der Waals surface area contributed by atoms with Gasteiger partial charge in [0, 0.05) is 26.6 Å². The highest BCUT2D eigenvalue weighted by Gasteiger charge is 2.08. The van der Waals surface area contributed by atoms with Crippen molar-refractivity contribution in [3.8, 4) is 0 Å². The number of carbonyl (C=O) groups is 1. The Labute approximate surface area is 116 Å². The molecule has 1 amide bonds. The average molecular weight is 262 g/mol.